The summed E-state index contributed by atoms with van der Waals surface area (Å²) in [6.45, 7) is 23.3. The van der Waals surface area contributed by atoms with E-state index in [2.05, 4.69) is 25.1 Å². The molecular formula is C70H100N4O18. The van der Waals surface area contributed by atoms with Crippen LogP contribution in [0.4, 0.5) is 22.7 Å². The van der Waals surface area contributed by atoms with Crippen molar-refractivity contribution in [3.8, 4) is 0 Å². The van der Waals surface area contributed by atoms with Gasteiger partial charge in [-0.2, -0.15) is 0 Å². The molecule has 0 aliphatic carbocycles. The van der Waals surface area contributed by atoms with Crippen molar-refractivity contribution < 1.29 is 85.6 Å². The van der Waals surface area contributed by atoms with Gasteiger partial charge in [0.05, 0.1) is 85.3 Å². The molecular weight excluding hydrogens is 1180 g/mol. The van der Waals surface area contributed by atoms with Gasteiger partial charge in [0.15, 0.2) is 0 Å². The summed E-state index contributed by atoms with van der Waals surface area (Å²) in [4.78, 5) is 77.2. The molecule has 6 atom stereocenters. The van der Waals surface area contributed by atoms with Gasteiger partial charge in [-0.15, -0.1) is 0 Å². The van der Waals surface area contributed by atoms with Crippen LogP contribution in [-0.2, 0) is 85.6 Å². The topological polar surface area (TPSA) is 235 Å². The third-order valence-electron chi connectivity index (χ3n) is 12.8. The Morgan fingerprint density at radius 1 is 0.370 bits per heavy atom. The van der Waals surface area contributed by atoms with E-state index in [0.717, 1.165) is 41.0 Å². The maximum atomic E-state index is 12.6. The lowest BCUT2D eigenvalue weighted by atomic mass is 10.3. The van der Waals surface area contributed by atoms with E-state index < -0.39 is 66.7 Å². The van der Waals surface area contributed by atoms with Crippen LogP contribution in [0.1, 0.15) is 60.8 Å². The van der Waals surface area contributed by atoms with Gasteiger partial charge in [0.25, 0.3) is 0 Å². The van der Waals surface area contributed by atoms with Crippen molar-refractivity contribution in [1.29, 1.82) is 0 Å². The number of nitrogens with zero attached hydrogens (tertiary/aromatic N) is 3. The molecule has 0 saturated heterocycles. The molecule has 0 fully saturated rings. The molecule has 0 heterocycles. The Bertz CT molecular complexity index is 2570. The van der Waals surface area contributed by atoms with E-state index in [4.69, 9.17) is 56.8 Å². The van der Waals surface area contributed by atoms with Crippen LogP contribution in [0.3, 0.4) is 0 Å². The third kappa shape index (κ3) is 39.2. The van der Waals surface area contributed by atoms with Crippen LogP contribution in [0.25, 0.3) is 0 Å². The molecule has 4 aromatic rings. The first-order chi connectivity index (χ1) is 44.1. The summed E-state index contributed by atoms with van der Waals surface area (Å²) in [5.41, 5.74) is 4.22. The molecule has 92 heavy (non-hydrogen) atoms. The van der Waals surface area contributed by atoms with E-state index in [1.165, 1.54) is 0 Å². The Morgan fingerprint density at radius 2 is 0.609 bits per heavy atom. The van der Waals surface area contributed by atoms with E-state index in [0.29, 0.717) is 19.6 Å². The Balaban J connectivity index is 0.000000631. The first-order valence-electron chi connectivity index (χ1n) is 30.8. The zero-order valence-corrected chi connectivity index (χ0v) is 55.5. The standard InChI is InChI=1S/C42H59N3O9.C21H32O9.C7H9N/c1-33(52-40(46)22-25-43(4)36-16-10-7-11-17-36)28-49-31-39(51-30-35(3)54-42(48)24-27-45(6)38-20-14-9-15-21-38)32-50-29-34(2)53-41(47)23-26-44(5)37-18-12-8-13-19-37;1-7-19(22)28-15(4)10-25-13-18(27-12-17(6)30-21(24)9-3)14-26-11-16(5)29-20(23)8-2;1-8-7-5-3-2-4-6-7/h7-21,33-35,39H,22-32H2,1-6H3;7-9,15-18H,1-3,10-14H2,4-6H3;2-6,8H,1H3. The molecule has 508 valence electrons. The van der Waals surface area contributed by atoms with Crippen LogP contribution < -0.4 is 20.0 Å². The summed E-state index contributed by atoms with van der Waals surface area (Å²) in [6, 6.07) is 39.6. The normalized spacial score (nSPS) is 13.2. The molecule has 6 unspecified atom stereocenters. The highest BCUT2D eigenvalue weighted by Gasteiger charge is 2.21. The summed E-state index contributed by atoms with van der Waals surface area (Å²) in [6.07, 6.45) is -0.0201. The van der Waals surface area contributed by atoms with Gasteiger partial charge in [0.1, 0.15) is 48.8 Å². The van der Waals surface area contributed by atoms with Crippen LogP contribution in [0.5, 0.6) is 0 Å². The van der Waals surface area contributed by atoms with Gasteiger partial charge in [-0.3, -0.25) is 14.4 Å². The van der Waals surface area contributed by atoms with Crippen molar-refractivity contribution in [3.05, 3.63) is 159 Å². The number of para-hydroxylation sites is 4. The summed E-state index contributed by atoms with van der Waals surface area (Å²) < 4.78 is 66.5. The number of esters is 6. The molecule has 22 nitrogen and oxygen atoms in total. The number of carbonyl (C=O) groups is 6. The van der Waals surface area contributed by atoms with Crippen molar-refractivity contribution in [3.63, 3.8) is 0 Å². The van der Waals surface area contributed by atoms with E-state index >= 15 is 0 Å². The third-order valence-corrected chi connectivity index (χ3v) is 12.8. The first-order valence-corrected chi connectivity index (χ1v) is 30.8. The van der Waals surface area contributed by atoms with Crippen molar-refractivity contribution in [2.24, 2.45) is 0 Å². The van der Waals surface area contributed by atoms with Gasteiger partial charge < -0.3 is 76.9 Å². The maximum absolute atomic E-state index is 12.6. The molecule has 0 radical (unpaired) electrons. The molecule has 0 bridgehead atoms. The second-order valence-corrected chi connectivity index (χ2v) is 21.5. The van der Waals surface area contributed by atoms with E-state index in [1.807, 2.05) is 164 Å². The lowest BCUT2D eigenvalue weighted by Crippen LogP contribution is -2.33. The minimum Gasteiger partial charge on any atom is -0.460 e. The molecule has 0 saturated carbocycles. The number of benzene rings is 4. The summed E-state index contributed by atoms with van der Waals surface area (Å²) in [5.74, 6) is -2.58. The largest absolute Gasteiger partial charge is 0.460 e. The van der Waals surface area contributed by atoms with Gasteiger partial charge in [0.2, 0.25) is 0 Å². The average Bonchev–Trinajstić information content (AvgIpc) is 2.66. The molecule has 0 aromatic heterocycles. The molecule has 0 aliphatic rings. The zero-order valence-electron chi connectivity index (χ0n) is 55.5. The predicted octanol–water partition coefficient (Wildman–Crippen LogP) is 9.27. The number of anilines is 4. The Morgan fingerprint density at radius 3 is 0.859 bits per heavy atom. The average molecular weight is 1290 g/mol. The fourth-order valence-electron chi connectivity index (χ4n) is 7.90. The number of nitrogens with one attached hydrogen (secondary N) is 1. The highest BCUT2D eigenvalue weighted by Crippen LogP contribution is 2.15. The van der Waals surface area contributed by atoms with Crippen molar-refractivity contribution >= 4 is 58.6 Å². The Kier molecular flexibility index (Phi) is 42.3. The fourth-order valence-corrected chi connectivity index (χ4v) is 7.90. The number of ether oxygens (including phenoxy) is 12. The lowest BCUT2D eigenvalue weighted by Gasteiger charge is -2.23. The van der Waals surface area contributed by atoms with Crippen LogP contribution in [0.15, 0.2) is 159 Å². The highest BCUT2D eigenvalue weighted by molar-refractivity contribution is 5.82. The molecule has 0 spiro atoms. The molecule has 1 N–H and O–H groups in total. The van der Waals surface area contributed by atoms with Crippen molar-refractivity contribution in [2.45, 2.75) is 110 Å². The molecule has 4 aromatic carbocycles. The predicted molar refractivity (Wildman–Crippen MR) is 356 cm³/mol. The van der Waals surface area contributed by atoms with Gasteiger partial charge in [0, 0.05) is 88.8 Å². The second kappa shape index (κ2) is 48.6. The highest BCUT2D eigenvalue weighted by atomic mass is 16.6. The smallest absolute Gasteiger partial charge is 0.330 e. The Labute approximate surface area is 544 Å². The molecule has 22 heteroatoms. The van der Waals surface area contributed by atoms with Crippen molar-refractivity contribution in [1.82, 2.24) is 0 Å². The van der Waals surface area contributed by atoms with E-state index in [1.54, 1.807) is 41.5 Å². The van der Waals surface area contributed by atoms with Crippen LogP contribution >= 0.6 is 0 Å². The number of hydrogen-bond donors (Lipinski definition) is 1. The second-order valence-electron chi connectivity index (χ2n) is 21.5. The van der Waals surface area contributed by atoms with Gasteiger partial charge in [-0.05, 0) is 90.1 Å². The van der Waals surface area contributed by atoms with Crippen molar-refractivity contribution in [2.75, 3.05) is 134 Å². The number of rotatable bonds is 44. The summed E-state index contributed by atoms with van der Waals surface area (Å²) in [5, 5.41) is 3.03. The number of hydrogen-bond acceptors (Lipinski definition) is 22. The van der Waals surface area contributed by atoms with E-state index in [9.17, 15) is 28.8 Å². The quantitative estimate of drug-likeness (QED) is 0.0247. The van der Waals surface area contributed by atoms with Gasteiger partial charge in [-0.1, -0.05) is 92.5 Å². The fraction of sp³-hybridized carbons (Fsp3) is 0.486. The van der Waals surface area contributed by atoms with E-state index in [-0.39, 0.29) is 103 Å². The Hall–Kier alpha value is -8.12. The summed E-state index contributed by atoms with van der Waals surface area (Å²) >= 11 is 0. The van der Waals surface area contributed by atoms with Crippen LogP contribution in [0, 0.1) is 0 Å². The minimum absolute atomic E-state index is 0.110. The molecule has 0 amide bonds. The van der Waals surface area contributed by atoms with Gasteiger partial charge >= 0.3 is 35.8 Å². The summed E-state index contributed by atoms with van der Waals surface area (Å²) in [7, 11) is 7.70. The van der Waals surface area contributed by atoms with Gasteiger partial charge in [-0.25, -0.2) is 14.4 Å². The zero-order chi connectivity index (χ0) is 67.9. The minimum atomic E-state index is -0.550. The van der Waals surface area contributed by atoms with Crippen LogP contribution in [-0.4, -0.2) is 199 Å². The monoisotopic (exact) mass is 1280 g/mol. The van der Waals surface area contributed by atoms with Crippen LogP contribution in [0.2, 0.25) is 0 Å². The number of carbonyl (C=O) groups excluding carboxylic acids is 6. The maximum Gasteiger partial charge on any atom is 0.330 e. The molecule has 4 rings (SSSR count). The lowest BCUT2D eigenvalue weighted by molar-refractivity contribution is -0.159. The SMILES string of the molecule is C=CC(=O)OC(C)COCC(COCC(C)OC(=O)C=C)OCC(C)OC(=O)C=C.CC(COCC(COCC(C)OC(=O)CCN(C)c1ccccc1)OCC(C)OC(=O)CCN(C)c1ccccc1)OC(=O)CCN(C)c1ccccc1.CNc1ccccc1. The first kappa shape index (κ1) is 80.0. The molecule has 0 aliphatic heterocycles.